The zero-order chi connectivity index (χ0) is 15.8. The van der Waals surface area contributed by atoms with Crippen LogP contribution in [0, 0.1) is 5.92 Å². The lowest BCUT2D eigenvalue weighted by atomic mass is 9.87. The molecule has 0 unspecified atom stereocenters. The van der Waals surface area contributed by atoms with Crippen molar-refractivity contribution in [3.8, 4) is 0 Å². The van der Waals surface area contributed by atoms with Gasteiger partial charge in [0.15, 0.2) is 5.13 Å². The molecular weight excluding hydrogens is 284 g/mol. The van der Waals surface area contributed by atoms with Crippen molar-refractivity contribution in [2.45, 2.75) is 64.8 Å². The molecule has 0 amide bonds. The Kier molecular flexibility index (Phi) is 4.61. The maximum absolute atomic E-state index is 11.5. The van der Waals surface area contributed by atoms with E-state index in [1.54, 1.807) is 0 Å². The fourth-order valence-electron chi connectivity index (χ4n) is 2.90. The average molecular weight is 310 g/mol. The Hall–Kier alpha value is -1.10. The van der Waals surface area contributed by atoms with Gasteiger partial charge in [0, 0.05) is 18.5 Å². The first-order valence-electron chi connectivity index (χ1n) is 7.67. The molecule has 0 bridgehead atoms. The summed E-state index contributed by atoms with van der Waals surface area (Å²) in [5, 5.41) is 10.3. The van der Waals surface area contributed by atoms with Crippen LogP contribution in [0.4, 0.5) is 5.13 Å². The van der Waals surface area contributed by atoms with Crippen LogP contribution in [-0.4, -0.2) is 29.1 Å². The van der Waals surface area contributed by atoms with Crippen LogP contribution < -0.4 is 4.90 Å². The molecule has 5 heteroatoms. The molecule has 0 spiro atoms. The van der Waals surface area contributed by atoms with Crippen LogP contribution in [0.1, 0.15) is 68.7 Å². The Morgan fingerprint density at radius 3 is 2.29 bits per heavy atom. The molecule has 1 heterocycles. The van der Waals surface area contributed by atoms with E-state index in [9.17, 15) is 9.90 Å². The molecular formula is C16H26N2O2S. The molecule has 2 rings (SSSR count). The average Bonchev–Trinajstić information content (AvgIpc) is 2.84. The summed E-state index contributed by atoms with van der Waals surface area (Å²) in [5.74, 6) is -0.0556. The van der Waals surface area contributed by atoms with E-state index in [0.717, 1.165) is 11.0 Å². The van der Waals surface area contributed by atoms with Crippen LogP contribution in [0.25, 0.3) is 0 Å². The molecule has 1 aromatic rings. The van der Waals surface area contributed by atoms with Gasteiger partial charge >= 0.3 is 5.97 Å². The molecule has 4 nitrogen and oxygen atoms in total. The van der Waals surface area contributed by atoms with Gasteiger partial charge in [-0.1, -0.05) is 39.0 Å². The number of carbonyl (C=O) groups is 1. The van der Waals surface area contributed by atoms with Gasteiger partial charge in [-0.3, -0.25) is 0 Å². The number of carboxylic acids is 1. The highest BCUT2D eigenvalue weighted by molar-refractivity contribution is 7.17. The minimum absolute atomic E-state index is 0.246. The highest BCUT2D eigenvalue weighted by atomic mass is 32.1. The molecule has 0 aliphatic heterocycles. The second-order valence-corrected chi connectivity index (χ2v) is 8.23. The van der Waals surface area contributed by atoms with Crippen LogP contribution in [0.5, 0.6) is 0 Å². The van der Waals surface area contributed by atoms with E-state index in [1.807, 2.05) is 20.8 Å². The summed E-state index contributed by atoms with van der Waals surface area (Å²) < 4.78 is 0. The quantitative estimate of drug-likeness (QED) is 0.911. The lowest BCUT2D eigenvalue weighted by Gasteiger charge is -2.33. The van der Waals surface area contributed by atoms with Crippen LogP contribution >= 0.6 is 11.3 Å². The van der Waals surface area contributed by atoms with E-state index < -0.39 is 5.97 Å². The first-order valence-corrected chi connectivity index (χ1v) is 8.49. The summed E-state index contributed by atoms with van der Waals surface area (Å²) >= 11 is 1.31. The van der Waals surface area contributed by atoms with Gasteiger partial charge in [-0.15, -0.1) is 0 Å². The van der Waals surface area contributed by atoms with Crippen LogP contribution in [-0.2, 0) is 5.41 Å². The number of thiazole rings is 1. The first-order chi connectivity index (χ1) is 9.70. The predicted octanol–water partition coefficient (Wildman–Crippen LogP) is 4.15. The van der Waals surface area contributed by atoms with Crippen molar-refractivity contribution in [3.63, 3.8) is 0 Å². The largest absolute Gasteiger partial charge is 0.477 e. The molecule has 21 heavy (non-hydrogen) atoms. The van der Waals surface area contributed by atoms with Gasteiger partial charge in [-0.2, -0.15) is 0 Å². The summed E-state index contributed by atoms with van der Waals surface area (Å²) in [7, 11) is 2.05. The fraction of sp³-hybridized carbons (Fsp3) is 0.750. The van der Waals surface area contributed by atoms with Gasteiger partial charge in [0.1, 0.15) is 4.88 Å². The summed E-state index contributed by atoms with van der Waals surface area (Å²) in [6.07, 6.45) is 4.84. The topological polar surface area (TPSA) is 53.4 Å². The van der Waals surface area contributed by atoms with E-state index in [2.05, 4.69) is 23.9 Å². The van der Waals surface area contributed by atoms with Crippen molar-refractivity contribution in [1.82, 2.24) is 4.98 Å². The molecule has 0 saturated heterocycles. The van der Waals surface area contributed by atoms with E-state index in [1.165, 1.54) is 37.0 Å². The van der Waals surface area contributed by atoms with Crippen LogP contribution in [0.2, 0.25) is 0 Å². The molecule has 118 valence electrons. The van der Waals surface area contributed by atoms with Crippen molar-refractivity contribution >= 4 is 22.4 Å². The third-order valence-corrected chi connectivity index (χ3v) is 5.49. The standard InChI is InChI=1S/C16H26N2O2S/c1-10-6-8-11(9-7-10)18(5)15-17-13(16(2,3)4)12(21-15)14(19)20/h10-11H,6-9H2,1-5H3,(H,19,20). The minimum Gasteiger partial charge on any atom is -0.477 e. The normalized spacial score (nSPS) is 23.1. The lowest BCUT2D eigenvalue weighted by Crippen LogP contribution is -2.34. The number of carboxylic acid groups (broad SMARTS) is 1. The Bertz CT molecular complexity index is 511. The van der Waals surface area contributed by atoms with E-state index in [-0.39, 0.29) is 5.41 Å². The van der Waals surface area contributed by atoms with Gasteiger partial charge in [-0.05, 0) is 31.6 Å². The smallest absolute Gasteiger partial charge is 0.347 e. The number of hydrogen-bond acceptors (Lipinski definition) is 4. The molecule has 0 radical (unpaired) electrons. The Morgan fingerprint density at radius 1 is 1.29 bits per heavy atom. The zero-order valence-electron chi connectivity index (χ0n) is 13.6. The lowest BCUT2D eigenvalue weighted by molar-refractivity contribution is 0.0699. The fourth-order valence-corrected chi connectivity index (χ4v) is 4.05. The van der Waals surface area contributed by atoms with E-state index in [4.69, 9.17) is 0 Å². The van der Waals surface area contributed by atoms with Crippen molar-refractivity contribution in [1.29, 1.82) is 0 Å². The molecule has 1 N–H and O–H groups in total. The van der Waals surface area contributed by atoms with Gasteiger partial charge < -0.3 is 10.0 Å². The number of aromatic carboxylic acids is 1. The summed E-state index contributed by atoms with van der Waals surface area (Å²) in [4.78, 5) is 18.7. The number of anilines is 1. The van der Waals surface area contributed by atoms with Gasteiger partial charge in [0.2, 0.25) is 0 Å². The second kappa shape index (κ2) is 5.95. The molecule has 1 aromatic heterocycles. The van der Waals surface area contributed by atoms with Crippen molar-refractivity contribution in [2.24, 2.45) is 5.92 Å². The van der Waals surface area contributed by atoms with Crippen molar-refractivity contribution in [3.05, 3.63) is 10.6 Å². The van der Waals surface area contributed by atoms with Gasteiger partial charge in [0.05, 0.1) is 5.69 Å². The number of rotatable bonds is 3. The van der Waals surface area contributed by atoms with Gasteiger partial charge in [0.25, 0.3) is 0 Å². The highest BCUT2D eigenvalue weighted by Crippen LogP contribution is 2.36. The molecule has 0 atom stereocenters. The van der Waals surface area contributed by atoms with Crippen molar-refractivity contribution in [2.75, 3.05) is 11.9 Å². The monoisotopic (exact) mass is 310 g/mol. The summed E-state index contributed by atoms with van der Waals surface area (Å²) in [5.41, 5.74) is 0.454. The predicted molar refractivity (Wildman–Crippen MR) is 87.6 cm³/mol. The van der Waals surface area contributed by atoms with E-state index >= 15 is 0 Å². The Labute approximate surface area is 131 Å². The number of hydrogen-bond donors (Lipinski definition) is 1. The second-order valence-electron chi connectivity index (χ2n) is 7.25. The first kappa shape index (κ1) is 16.3. The zero-order valence-corrected chi connectivity index (χ0v) is 14.5. The van der Waals surface area contributed by atoms with Gasteiger partial charge in [-0.25, -0.2) is 9.78 Å². The Morgan fingerprint density at radius 2 is 1.86 bits per heavy atom. The molecule has 1 aliphatic carbocycles. The molecule has 1 saturated carbocycles. The van der Waals surface area contributed by atoms with Crippen molar-refractivity contribution < 1.29 is 9.90 Å². The third-order valence-electron chi connectivity index (χ3n) is 4.36. The number of aromatic nitrogens is 1. The van der Waals surface area contributed by atoms with Crippen LogP contribution in [0.3, 0.4) is 0 Å². The van der Waals surface area contributed by atoms with Crippen LogP contribution in [0.15, 0.2) is 0 Å². The summed E-state index contributed by atoms with van der Waals surface area (Å²) in [6, 6.07) is 0.488. The maximum atomic E-state index is 11.5. The minimum atomic E-state index is -0.866. The molecule has 1 fully saturated rings. The SMILES string of the molecule is CC1CCC(N(C)c2nc(C(C)(C)C)c(C(=O)O)s2)CC1. The maximum Gasteiger partial charge on any atom is 0.347 e. The summed E-state index contributed by atoms with van der Waals surface area (Å²) in [6.45, 7) is 8.35. The number of nitrogens with zero attached hydrogens (tertiary/aromatic N) is 2. The Balaban J connectivity index is 2.26. The molecule has 1 aliphatic rings. The highest BCUT2D eigenvalue weighted by Gasteiger charge is 2.30. The van der Waals surface area contributed by atoms with E-state index in [0.29, 0.717) is 16.6 Å². The molecule has 0 aromatic carbocycles. The third kappa shape index (κ3) is 3.57.